The van der Waals surface area contributed by atoms with Gasteiger partial charge in [0.1, 0.15) is 0 Å². The van der Waals surface area contributed by atoms with Crippen LogP contribution in [0.25, 0.3) is 0 Å². The fourth-order valence-electron chi connectivity index (χ4n) is 1.91. The van der Waals surface area contributed by atoms with Crippen molar-refractivity contribution in [2.24, 2.45) is 5.92 Å². The number of hydrogen-bond donors (Lipinski definition) is 2. The van der Waals surface area contributed by atoms with Gasteiger partial charge in [-0.1, -0.05) is 19.8 Å². The van der Waals surface area contributed by atoms with Crippen molar-refractivity contribution in [1.82, 2.24) is 30.8 Å². The number of tetrazole rings is 1. The molecule has 0 saturated heterocycles. The van der Waals surface area contributed by atoms with E-state index in [-0.39, 0.29) is 24.0 Å². The molecule has 0 unspecified atom stereocenters. The van der Waals surface area contributed by atoms with Gasteiger partial charge in [-0.3, -0.25) is 0 Å². The van der Waals surface area contributed by atoms with E-state index in [1.54, 1.807) is 4.68 Å². The van der Waals surface area contributed by atoms with Gasteiger partial charge in [0.2, 0.25) is 0 Å². The summed E-state index contributed by atoms with van der Waals surface area (Å²) in [6, 6.07) is -0.487. The topological polar surface area (TPSA) is 84.7 Å². The van der Waals surface area contributed by atoms with Crippen LogP contribution in [0.5, 0.6) is 0 Å². The van der Waals surface area contributed by atoms with Gasteiger partial charge in [-0.15, -0.1) is 11.5 Å². The summed E-state index contributed by atoms with van der Waals surface area (Å²) in [5, 5.41) is 17.2. The van der Waals surface area contributed by atoms with E-state index in [9.17, 15) is 4.79 Å². The second-order valence-electron chi connectivity index (χ2n) is 5.44. The van der Waals surface area contributed by atoms with Crippen LogP contribution in [0.15, 0.2) is 0 Å². The molecule has 2 atom stereocenters. The number of aromatic nitrogens is 4. The lowest BCUT2D eigenvalue weighted by Crippen LogP contribution is -2.44. The first kappa shape index (κ1) is 14.3. The standard InChI is InChI=1S/C13H20N6O/c1-5-11(8(2)3)15-13(20)14-9(4)12-16-17-18-19(12)10-6-7-10/h1,8-11H,6-7H2,2-4H3,(H2,14,15,20)/t9-,11-/m0/s1. The summed E-state index contributed by atoms with van der Waals surface area (Å²) in [6.07, 6.45) is 7.56. The van der Waals surface area contributed by atoms with Crippen LogP contribution in [0.2, 0.25) is 0 Å². The van der Waals surface area contributed by atoms with Gasteiger partial charge in [-0.25, -0.2) is 9.48 Å². The van der Waals surface area contributed by atoms with Crippen molar-refractivity contribution in [3.8, 4) is 12.3 Å². The Kier molecular flexibility index (Phi) is 4.23. The maximum atomic E-state index is 11.9. The highest BCUT2D eigenvalue weighted by Gasteiger charge is 2.30. The molecule has 20 heavy (non-hydrogen) atoms. The summed E-state index contributed by atoms with van der Waals surface area (Å²) in [7, 11) is 0. The molecule has 7 heteroatoms. The lowest BCUT2D eigenvalue weighted by Gasteiger charge is -2.19. The Balaban J connectivity index is 1.93. The third-order valence-electron chi connectivity index (χ3n) is 3.28. The lowest BCUT2D eigenvalue weighted by atomic mass is 10.1. The zero-order valence-corrected chi connectivity index (χ0v) is 12.0. The second kappa shape index (κ2) is 5.90. The number of urea groups is 1. The first-order valence-corrected chi connectivity index (χ1v) is 6.83. The van der Waals surface area contributed by atoms with Crippen molar-refractivity contribution in [3.05, 3.63) is 5.82 Å². The lowest BCUT2D eigenvalue weighted by molar-refractivity contribution is 0.233. The Labute approximate surface area is 118 Å². The van der Waals surface area contributed by atoms with Crippen molar-refractivity contribution < 1.29 is 4.79 Å². The zero-order chi connectivity index (χ0) is 14.7. The van der Waals surface area contributed by atoms with Crippen LogP contribution in [0, 0.1) is 18.3 Å². The van der Waals surface area contributed by atoms with E-state index in [0.29, 0.717) is 11.9 Å². The predicted molar refractivity (Wildman–Crippen MR) is 73.6 cm³/mol. The molecule has 2 amide bonds. The minimum Gasteiger partial charge on any atom is -0.328 e. The van der Waals surface area contributed by atoms with E-state index in [4.69, 9.17) is 6.42 Å². The van der Waals surface area contributed by atoms with Gasteiger partial charge >= 0.3 is 6.03 Å². The molecule has 1 aromatic rings. The quantitative estimate of drug-likeness (QED) is 0.787. The number of nitrogens with zero attached hydrogens (tertiary/aromatic N) is 4. The highest BCUT2D eigenvalue weighted by atomic mass is 16.2. The molecule has 2 N–H and O–H groups in total. The molecule has 2 rings (SSSR count). The fourth-order valence-corrected chi connectivity index (χ4v) is 1.91. The normalized spacial score (nSPS) is 17.4. The number of rotatable bonds is 5. The van der Waals surface area contributed by atoms with Crippen molar-refractivity contribution in [2.45, 2.75) is 51.7 Å². The molecular weight excluding hydrogens is 256 g/mol. The van der Waals surface area contributed by atoms with Crippen LogP contribution >= 0.6 is 0 Å². The van der Waals surface area contributed by atoms with E-state index < -0.39 is 0 Å². The average Bonchev–Trinajstić information content (AvgIpc) is 3.12. The van der Waals surface area contributed by atoms with Crippen LogP contribution in [-0.2, 0) is 0 Å². The molecule has 0 aliphatic heterocycles. The van der Waals surface area contributed by atoms with Gasteiger partial charge in [-0.2, -0.15) is 0 Å². The van der Waals surface area contributed by atoms with Crippen molar-refractivity contribution in [3.63, 3.8) is 0 Å². The van der Waals surface area contributed by atoms with E-state index in [1.807, 2.05) is 20.8 Å². The van der Waals surface area contributed by atoms with Crippen molar-refractivity contribution in [2.75, 3.05) is 0 Å². The fraction of sp³-hybridized carbons (Fsp3) is 0.692. The smallest absolute Gasteiger partial charge is 0.316 e. The maximum absolute atomic E-state index is 11.9. The first-order chi connectivity index (χ1) is 9.52. The third kappa shape index (κ3) is 3.26. The summed E-state index contributed by atoms with van der Waals surface area (Å²) < 4.78 is 1.78. The molecule has 1 aromatic heterocycles. The minimum atomic E-state index is -0.306. The Morgan fingerprint density at radius 3 is 2.65 bits per heavy atom. The highest BCUT2D eigenvalue weighted by Crippen LogP contribution is 2.35. The van der Waals surface area contributed by atoms with Gasteiger partial charge in [0.15, 0.2) is 5.82 Å². The number of carbonyl (C=O) groups is 1. The summed E-state index contributed by atoms with van der Waals surface area (Å²) in [5.74, 6) is 3.41. The Bertz CT molecular complexity index is 513. The molecule has 108 valence electrons. The first-order valence-electron chi connectivity index (χ1n) is 6.83. The molecule has 0 radical (unpaired) electrons. The average molecular weight is 276 g/mol. The number of carbonyl (C=O) groups excluding carboxylic acids is 1. The van der Waals surface area contributed by atoms with Gasteiger partial charge in [-0.05, 0) is 36.1 Å². The van der Waals surface area contributed by atoms with Crippen molar-refractivity contribution >= 4 is 6.03 Å². The molecule has 1 heterocycles. The Hall–Kier alpha value is -2.10. The van der Waals surface area contributed by atoms with E-state index in [1.165, 1.54) is 0 Å². The van der Waals surface area contributed by atoms with Crippen LogP contribution in [0.4, 0.5) is 4.79 Å². The Morgan fingerprint density at radius 2 is 2.10 bits per heavy atom. The SMILES string of the molecule is C#C[C@H](NC(=O)N[C@@H](C)c1nnnn1C1CC1)C(C)C. The zero-order valence-electron chi connectivity index (χ0n) is 12.0. The second-order valence-corrected chi connectivity index (χ2v) is 5.44. The summed E-state index contributed by atoms with van der Waals surface area (Å²) in [4.78, 5) is 11.9. The van der Waals surface area contributed by atoms with E-state index in [2.05, 4.69) is 32.1 Å². The number of nitrogens with one attached hydrogen (secondary N) is 2. The molecule has 1 saturated carbocycles. The van der Waals surface area contributed by atoms with Gasteiger partial charge in [0, 0.05) is 0 Å². The van der Waals surface area contributed by atoms with Crippen LogP contribution in [-0.4, -0.2) is 32.3 Å². The number of terminal acetylenes is 1. The largest absolute Gasteiger partial charge is 0.328 e. The monoisotopic (exact) mass is 276 g/mol. The van der Waals surface area contributed by atoms with Gasteiger partial charge in [0.05, 0.1) is 18.1 Å². The van der Waals surface area contributed by atoms with E-state index in [0.717, 1.165) is 12.8 Å². The van der Waals surface area contributed by atoms with Crippen molar-refractivity contribution in [1.29, 1.82) is 0 Å². The molecule has 1 aliphatic rings. The predicted octanol–water partition coefficient (Wildman–Crippen LogP) is 1.03. The molecule has 1 fully saturated rings. The molecule has 0 bridgehead atoms. The summed E-state index contributed by atoms with van der Waals surface area (Å²) in [5.41, 5.74) is 0. The summed E-state index contributed by atoms with van der Waals surface area (Å²) >= 11 is 0. The number of hydrogen-bond acceptors (Lipinski definition) is 4. The Morgan fingerprint density at radius 1 is 1.40 bits per heavy atom. The molecule has 0 spiro atoms. The molecule has 7 nitrogen and oxygen atoms in total. The number of amides is 2. The maximum Gasteiger partial charge on any atom is 0.316 e. The minimum absolute atomic E-state index is 0.179. The highest BCUT2D eigenvalue weighted by molar-refractivity contribution is 5.75. The van der Waals surface area contributed by atoms with Crippen LogP contribution in [0.3, 0.4) is 0 Å². The van der Waals surface area contributed by atoms with Gasteiger partial charge in [0.25, 0.3) is 0 Å². The molecule has 1 aliphatic carbocycles. The van der Waals surface area contributed by atoms with Crippen LogP contribution < -0.4 is 10.6 Å². The van der Waals surface area contributed by atoms with E-state index >= 15 is 0 Å². The van der Waals surface area contributed by atoms with Gasteiger partial charge < -0.3 is 10.6 Å². The van der Waals surface area contributed by atoms with Crippen LogP contribution in [0.1, 0.15) is 51.5 Å². The molecule has 0 aromatic carbocycles. The molecular formula is C13H20N6O. The summed E-state index contributed by atoms with van der Waals surface area (Å²) in [6.45, 7) is 5.77. The third-order valence-corrected chi connectivity index (χ3v) is 3.28.